The standard InChI is InChI=1S/C13H15FN4O4S2/c1-17(24(2,21)22)7-11-15-16-13(23-8-12(19)20)18(11)10-6-4-3-5-9(10)14/h3-6H,7-8H2,1-2H3,(H,19,20). The number of benzene rings is 1. The van der Waals surface area contributed by atoms with Gasteiger partial charge in [0.2, 0.25) is 10.0 Å². The lowest BCUT2D eigenvalue weighted by Gasteiger charge is -2.15. The number of halogens is 1. The van der Waals surface area contributed by atoms with Gasteiger partial charge in [-0.05, 0) is 12.1 Å². The second kappa shape index (κ2) is 7.28. The van der Waals surface area contributed by atoms with Crippen LogP contribution in [0.3, 0.4) is 0 Å². The van der Waals surface area contributed by atoms with Crippen molar-refractivity contribution in [2.24, 2.45) is 0 Å². The number of para-hydroxylation sites is 1. The summed E-state index contributed by atoms with van der Waals surface area (Å²) < 4.78 is 39.7. The minimum atomic E-state index is -3.47. The fraction of sp³-hybridized carbons (Fsp3) is 0.308. The summed E-state index contributed by atoms with van der Waals surface area (Å²) in [6, 6.07) is 5.84. The Labute approximate surface area is 142 Å². The molecule has 0 aliphatic heterocycles. The fourth-order valence-corrected chi connectivity index (χ4v) is 2.85. The Hall–Kier alpha value is -1.98. The first kappa shape index (κ1) is 18.4. The highest BCUT2D eigenvalue weighted by molar-refractivity contribution is 7.99. The highest BCUT2D eigenvalue weighted by Crippen LogP contribution is 2.24. The topological polar surface area (TPSA) is 105 Å². The highest BCUT2D eigenvalue weighted by Gasteiger charge is 2.21. The second-order valence-corrected chi connectivity index (χ2v) is 7.92. The number of carboxylic acids is 1. The SMILES string of the molecule is CN(Cc1nnc(SCC(=O)O)n1-c1ccccc1F)S(C)(=O)=O. The smallest absolute Gasteiger partial charge is 0.313 e. The van der Waals surface area contributed by atoms with E-state index in [-0.39, 0.29) is 29.0 Å². The van der Waals surface area contributed by atoms with E-state index in [0.29, 0.717) is 0 Å². The van der Waals surface area contributed by atoms with Crippen LogP contribution in [-0.2, 0) is 21.4 Å². The zero-order valence-corrected chi connectivity index (χ0v) is 14.5. The van der Waals surface area contributed by atoms with Crippen molar-refractivity contribution in [1.82, 2.24) is 19.1 Å². The first-order valence-corrected chi connectivity index (χ1v) is 9.48. The summed E-state index contributed by atoms with van der Waals surface area (Å²) in [5, 5.41) is 16.7. The number of sulfonamides is 1. The van der Waals surface area contributed by atoms with E-state index in [0.717, 1.165) is 22.3 Å². The van der Waals surface area contributed by atoms with E-state index >= 15 is 0 Å². The molecule has 8 nitrogen and oxygen atoms in total. The van der Waals surface area contributed by atoms with Crippen molar-refractivity contribution in [2.75, 3.05) is 19.1 Å². The molecule has 0 radical (unpaired) electrons. The van der Waals surface area contributed by atoms with E-state index in [1.807, 2.05) is 0 Å². The minimum absolute atomic E-state index is 0.118. The Morgan fingerprint density at radius 1 is 1.38 bits per heavy atom. The summed E-state index contributed by atoms with van der Waals surface area (Å²) in [7, 11) is -2.11. The molecule has 11 heteroatoms. The number of carbonyl (C=O) groups is 1. The number of thioether (sulfide) groups is 1. The molecule has 2 rings (SSSR count). The molecule has 1 aromatic heterocycles. The van der Waals surface area contributed by atoms with Crippen LogP contribution in [0.15, 0.2) is 29.4 Å². The molecule has 0 spiro atoms. The molecule has 0 saturated carbocycles. The zero-order valence-electron chi connectivity index (χ0n) is 12.9. The van der Waals surface area contributed by atoms with E-state index in [1.54, 1.807) is 6.07 Å². The first-order chi connectivity index (χ1) is 11.2. The van der Waals surface area contributed by atoms with Gasteiger partial charge < -0.3 is 5.11 Å². The van der Waals surface area contributed by atoms with Crippen LogP contribution in [0.1, 0.15) is 5.82 Å². The predicted molar refractivity (Wildman–Crippen MR) is 86.0 cm³/mol. The maximum atomic E-state index is 14.1. The zero-order chi connectivity index (χ0) is 17.9. The maximum Gasteiger partial charge on any atom is 0.313 e. The van der Waals surface area contributed by atoms with Crippen LogP contribution >= 0.6 is 11.8 Å². The molecular formula is C13H15FN4O4S2. The quantitative estimate of drug-likeness (QED) is 0.720. The van der Waals surface area contributed by atoms with Crippen LogP contribution in [-0.4, -0.2) is 57.6 Å². The largest absolute Gasteiger partial charge is 0.481 e. The van der Waals surface area contributed by atoms with Gasteiger partial charge in [-0.2, -0.15) is 4.31 Å². The number of aromatic nitrogens is 3. The number of nitrogens with zero attached hydrogens (tertiary/aromatic N) is 4. The highest BCUT2D eigenvalue weighted by atomic mass is 32.2. The molecule has 130 valence electrons. The molecule has 0 amide bonds. The first-order valence-electron chi connectivity index (χ1n) is 6.65. The van der Waals surface area contributed by atoms with Crippen molar-refractivity contribution >= 4 is 27.8 Å². The van der Waals surface area contributed by atoms with Crippen LogP contribution in [0.2, 0.25) is 0 Å². The molecule has 2 aromatic rings. The normalized spacial score (nSPS) is 11.8. The summed E-state index contributed by atoms with van der Waals surface area (Å²) in [5.41, 5.74) is 0.118. The average molecular weight is 374 g/mol. The molecule has 0 fully saturated rings. The van der Waals surface area contributed by atoms with Crippen LogP contribution in [0.5, 0.6) is 0 Å². The minimum Gasteiger partial charge on any atom is -0.481 e. The van der Waals surface area contributed by atoms with Crippen LogP contribution in [0.25, 0.3) is 5.69 Å². The lowest BCUT2D eigenvalue weighted by Crippen LogP contribution is -2.26. The summed E-state index contributed by atoms with van der Waals surface area (Å²) in [6.45, 7) is -0.131. The van der Waals surface area contributed by atoms with E-state index in [2.05, 4.69) is 10.2 Å². The molecular weight excluding hydrogens is 359 g/mol. The second-order valence-electron chi connectivity index (χ2n) is 4.89. The molecule has 1 aromatic carbocycles. The molecule has 1 N–H and O–H groups in total. The molecule has 0 aliphatic carbocycles. The van der Waals surface area contributed by atoms with Crippen molar-refractivity contribution < 1.29 is 22.7 Å². The van der Waals surface area contributed by atoms with Gasteiger partial charge in [0.1, 0.15) is 5.82 Å². The molecule has 0 aliphatic rings. The number of rotatable bonds is 7. The Morgan fingerprint density at radius 2 is 2.04 bits per heavy atom. The summed E-state index contributed by atoms with van der Waals surface area (Å²) in [6.07, 6.45) is 1.04. The summed E-state index contributed by atoms with van der Waals surface area (Å²) in [4.78, 5) is 10.8. The lowest BCUT2D eigenvalue weighted by molar-refractivity contribution is -0.133. The van der Waals surface area contributed by atoms with Crippen molar-refractivity contribution in [2.45, 2.75) is 11.7 Å². The van der Waals surface area contributed by atoms with Crippen LogP contribution < -0.4 is 0 Å². The van der Waals surface area contributed by atoms with Gasteiger partial charge >= 0.3 is 5.97 Å². The monoisotopic (exact) mass is 374 g/mol. The van der Waals surface area contributed by atoms with Gasteiger partial charge in [-0.3, -0.25) is 9.36 Å². The van der Waals surface area contributed by atoms with Gasteiger partial charge in [-0.1, -0.05) is 23.9 Å². The van der Waals surface area contributed by atoms with Gasteiger partial charge in [0.15, 0.2) is 11.0 Å². The van der Waals surface area contributed by atoms with Crippen LogP contribution in [0, 0.1) is 5.82 Å². The lowest BCUT2D eigenvalue weighted by atomic mass is 10.3. The van der Waals surface area contributed by atoms with Gasteiger partial charge in [-0.25, -0.2) is 12.8 Å². The Morgan fingerprint density at radius 3 is 2.62 bits per heavy atom. The molecule has 0 atom stereocenters. The summed E-state index contributed by atoms with van der Waals surface area (Å²) >= 11 is 0.869. The third-order valence-electron chi connectivity index (χ3n) is 3.05. The Bertz CT molecular complexity index is 853. The van der Waals surface area contributed by atoms with E-state index in [4.69, 9.17) is 5.11 Å². The summed E-state index contributed by atoms with van der Waals surface area (Å²) in [5.74, 6) is -1.72. The number of carboxylic acid groups (broad SMARTS) is 1. The fourth-order valence-electron chi connectivity index (χ4n) is 1.81. The number of aliphatic carboxylic acids is 1. The predicted octanol–water partition coefficient (Wildman–Crippen LogP) is 0.974. The van der Waals surface area contributed by atoms with Crippen molar-refractivity contribution in [3.8, 4) is 5.69 Å². The van der Waals surface area contributed by atoms with Crippen LogP contribution in [0.4, 0.5) is 4.39 Å². The molecule has 24 heavy (non-hydrogen) atoms. The number of hydrogen-bond donors (Lipinski definition) is 1. The Kier molecular flexibility index (Phi) is 5.57. The average Bonchev–Trinajstić information content (AvgIpc) is 2.87. The third kappa shape index (κ3) is 4.30. The van der Waals surface area contributed by atoms with Gasteiger partial charge in [0, 0.05) is 7.05 Å². The molecule has 0 unspecified atom stereocenters. The van der Waals surface area contributed by atoms with Gasteiger partial charge in [0.25, 0.3) is 0 Å². The third-order valence-corrected chi connectivity index (χ3v) is 5.22. The van der Waals surface area contributed by atoms with Crippen molar-refractivity contribution in [3.63, 3.8) is 0 Å². The maximum absolute atomic E-state index is 14.1. The van der Waals surface area contributed by atoms with Gasteiger partial charge in [0.05, 0.1) is 24.2 Å². The van der Waals surface area contributed by atoms with E-state index < -0.39 is 21.8 Å². The molecule has 1 heterocycles. The van der Waals surface area contributed by atoms with E-state index in [9.17, 15) is 17.6 Å². The van der Waals surface area contributed by atoms with Crippen molar-refractivity contribution in [3.05, 3.63) is 35.9 Å². The van der Waals surface area contributed by atoms with E-state index in [1.165, 1.54) is 29.8 Å². The Balaban J connectivity index is 2.48. The molecule has 0 saturated heterocycles. The van der Waals surface area contributed by atoms with Crippen molar-refractivity contribution in [1.29, 1.82) is 0 Å². The van der Waals surface area contributed by atoms with Gasteiger partial charge in [-0.15, -0.1) is 10.2 Å². The molecule has 0 bridgehead atoms. The number of hydrogen-bond acceptors (Lipinski definition) is 6.